The molecule has 2 aromatic carbocycles. The van der Waals surface area contributed by atoms with Crippen LogP contribution in [0, 0.1) is 0 Å². The number of rotatable bonds is 5. The molecule has 5 rings (SSSR count). The second-order valence-electron chi connectivity index (χ2n) is 8.95. The van der Waals surface area contributed by atoms with Crippen LogP contribution in [0.4, 0.5) is 0 Å². The lowest BCUT2D eigenvalue weighted by Gasteiger charge is -2.30. The minimum atomic E-state index is -0.559. The Balaban J connectivity index is 1.66. The third-order valence-corrected chi connectivity index (χ3v) is 7.00. The molecule has 1 unspecified atom stereocenters. The Morgan fingerprint density at radius 1 is 1.00 bits per heavy atom. The predicted octanol–water partition coefficient (Wildman–Crippen LogP) is 4.92. The first-order chi connectivity index (χ1) is 15.6. The monoisotopic (exact) mass is 426 g/mol. The van der Waals surface area contributed by atoms with E-state index in [0.29, 0.717) is 18.4 Å². The Hall–Kier alpha value is -3.34. The Bertz CT molecular complexity index is 1140. The standard InChI is InChI=1S/C27H30N4O/c1-31-18-27(30-26(31)28,22-11-5-9-20(15-22)21-10-6-14-29-17-21)23-12-13-25(32-2)24(16-23)19-7-3-4-8-19/h5-6,9-17,19H,3-4,7-8,18H2,1-2H3,(H2,28,30). The molecular formula is C27H30N4O. The van der Waals surface area contributed by atoms with Crippen molar-refractivity contribution in [2.45, 2.75) is 37.1 Å². The molecule has 1 atom stereocenters. The van der Waals surface area contributed by atoms with Gasteiger partial charge < -0.3 is 15.4 Å². The fourth-order valence-electron chi connectivity index (χ4n) is 5.26. The normalized spacial score (nSPS) is 21.1. The lowest BCUT2D eigenvalue weighted by atomic mass is 9.80. The number of aliphatic imine (C=N–C) groups is 1. The van der Waals surface area contributed by atoms with Gasteiger partial charge in [0, 0.05) is 19.4 Å². The summed E-state index contributed by atoms with van der Waals surface area (Å²) in [5.41, 5.74) is 11.6. The number of aromatic nitrogens is 1. The maximum atomic E-state index is 6.34. The quantitative estimate of drug-likeness (QED) is 0.629. The van der Waals surface area contributed by atoms with E-state index >= 15 is 0 Å². The third-order valence-electron chi connectivity index (χ3n) is 7.00. The molecule has 2 aliphatic rings. The van der Waals surface area contributed by atoms with Crippen molar-refractivity contribution in [3.8, 4) is 16.9 Å². The summed E-state index contributed by atoms with van der Waals surface area (Å²) < 4.78 is 5.76. The van der Waals surface area contributed by atoms with Gasteiger partial charge in [-0.1, -0.05) is 43.2 Å². The van der Waals surface area contributed by atoms with E-state index in [1.165, 1.54) is 31.2 Å². The van der Waals surface area contributed by atoms with Gasteiger partial charge in [-0.25, -0.2) is 4.99 Å². The Morgan fingerprint density at radius 3 is 2.47 bits per heavy atom. The molecule has 1 aromatic heterocycles. The number of likely N-dealkylation sites (N-methyl/N-ethyl adjacent to an activating group) is 1. The van der Waals surface area contributed by atoms with Crippen molar-refractivity contribution in [2.75, 3.05) is 20.7 Å². The number of hydrogen-bond acceptors (Lipinski definition) is 5. The number of hydrogen-bond donors (Lipinski definition) is 1. The average molecular weight is 427 g/mol. The summed E-state index contributed by atoms with van der Waals surface area (Å²) in [5, 5.41) is 0. The smallest absolute Gasteiger partial charge is 0.192 e. The molecule has 164 valence electrons. The van der Waals surface area contributed by atoms with E-state index < -0.39 is 5.54 Å². The Kier molecular flexibility index (Phi) is 5.33. The zero-order valence-electron chi connectivity index (χ0n) is 18.8. The van der Waals surface area contributed by atoms with Gasteiger partial charge in [0.05, 0.1) is 13.7 Å². The van der Waals surface area contributed by atoms with Gasteiger partial charge in [0.2, 0.25) is 0 Å². The van der Waals surface area contributed by atoms with Crippen molar-refractivity contribution in [3.05, 3.63) is 83.7 Å². The van der Waals surface area contributed by atoms with Crippen LogP contribution in [0.25, 0.3) is 11.1 Å². The van der Waals surface area contributed by atoms with Crippen molar-refractivity contribution in [1.82, 2.24) is 9.88 Å². The lowest BCUT2D eigenvalue weighted by Crippen LogP contribution is -2.35. The van der Waals surface area contributed by atoms with Crippen LogP contribution in [-0.2, 0) is 5.54 Å². The molecule has 0 radical (unpaired) electrons. The zero-order chi connectivity index (χ0) is 22.1. The predicted molar refractivity (Wildman–Crippen MR) is 129 cm³/mol. The molecule has 0 spiro atoms. The summed E-state index contributed by atoms with van der Waals surface area (Å²) in [7, 11) is 3.77. The number of ether oxygens (including phenoxy) is 1. The van der Waals surface area contributed by atoms with Crippen LogP contribution >= 0.6 is 0 Å². The van der Waals surface area contributed by atoms with Gasteiger partial charge in [0.25, 0.3) is 0 Å². The van der Waals surface area contributed by atoms with Crippen LogP contribution in [0.5, 0.6) is 5.75 Å². The van der Waals surface area contributed by atoms with Crippen molar-refractivity contribution >= 4 is 5.96 Å². The van der Waals surface area contributed by atoms with Crippen molar-refractivity contribution < 1.29 is 4.74 Å². The minimum Gasteiger partial charge on any atom is -0.496 e. The highest BCUT2D eigenvalue weighted by atomic mass is 16.5. The Labute approximate surface area is 190 Å². The fourth-order valence-corrected chi connectivity index (χ4v) is 5.26. The number of nitrogens with two attached hydrogens (primary N) is 1. The maximum Gasteiger partial charge on any atom is 0.192 e. The van der Waals surface area contributed by atoms with Gasteiger partial charge in [-0.15, -0.1) is 0 Å². The Morgan fingerprint density at radius 2 is 1.78 bits per heavy atom. The lowest BCUT2D eigenvalue weighted by molar-refractivity contribution is 0.402. The van der Waals surface area contributed by atoms with E-state index in [9.17, 15) is 0 Å². The van der Waals surface area contributed by atoms with Gasteiger partial charge in [0.1, 0.15) is 11.3 Å². The van der Waals surface area contributed by atoms with Gasteiger partial charge in [-0.2, -0.15) is 0 Å². The summed E-state index contributed by atoms with van der Waals surface area (Å²) in [6.45, 7) is 0.700. The SMILES string of the molecule is COc1ccc(C2(c3cccc(-c4cccnc4)c3)CN(C)C(N)=N2)cc1C1CCCC1. The molecule has 0 bridgehead atoms. The van der Waals surface area contributed by atoms with Gasteiger partial charge in [0.15, 0.2) is 5.96 Å². The van der Waals surface area contributed by atoms with Crippen LogP contribution in [0.2, 0.25) is 0 Å². The first-order valence-electron chi connectivity index (χ1n) is 11.4. The second-order valence-corrected chi connectivity index (χ2v) is 8.95. The van der Waals surface area contributed by atoms with Crippen molar-refractivity contribution in [2.24, 2.45) is 10.7 Å². The molecule has 5 nitrogen and oxygen atoms in total. The van der Waals surface area contributed by atoms with Crippen LogP contribution < -0.4 is 10.5 Å². The van der Waals surface area contributed by atoms with Gasteiger partial charge in [-0.3, -0.25) is 4.98 Å². The van der Waals surface area contributed by atoms with Crippen LogP contribution in [0.15, 0.2) is 72.0 Å². The summed E-state index contributed by atoms with van der Waals surface area (Å²) in [6, 6.07) is 19.3. The molecule has 2 heterocycles. The highest BCUT2D eigenvalue weighted by Gasteiger charge is 2.41. The van der Waals surface area contributed by atoms with Crippen molar-refractivity contribution in [1.29, 1.82) is 0 Å². The number of nitrogens with zero attached hydrogens (tertiary/aromatic N) is 3. The van der Waals surface area contributed by atoms with Crippen LogP contribution in [0.3, 0.4) is 0 Å². The minimum absolute atomic E-state index is 0.545. The van der Waals surface area contributed by atoms with E-state index in [2.05, 4.69) is 53.5 Å². The molecule has 1 aliphatic heterocycles. The van der Waals surface area contributed by atoms with E-state index in [1.54, 1.807) is 13.3 Å². The van der Waals surface area contributed by atoms with Gasteiger partial charge >= 0.3 is 0 Å². The zero-order valence-corrected chi connectivity index (χ0v) is 18.8. The molecule has 0 saturated heterocycles. The molecule has 2 N–H and O–H groups in total. The van der Waals surface area contributed by atoms with E-state index in [4.69, 9.17) is 15.5 Å². The first kappa shape index (κ1) is 20.6. The molecule has 3 aromatic rings. The largest absolute Gasteiger partial charge is 0.496 e. The van der Waals surface area contributed by atoms with Crippen LogP contribution in [-0.4, -0.2) is 36.5 Å². The summed E-state index contributed by atoms with van der Waals surface area (Å²) in [5.74, 6) is 2.09. The number of benzene rings is 2. The average Bonchev–Trinajstić information content (AvgIpc) is 3.48. The first-order valence-corrected chi connectivity index (χ1v) is 11.4. The number of methoxy groups -OCH3 is 1. The summed E-state index contributed by atoms with van der Waals surface area (Å²) >= 11 is 0. The second kappa shape index (κ2) is 8.30. The maximum absolute atomic E-state index is 6.34. The highest BCUT2D eigenvalue weighted by Crippen LogP contribution is 2.44. The molecule has 1 saturated carbocycles. The molecule has 0 amide bonds. The van der Waals surface area contributed by atoms with E-state index in [1.807, 2.05) is 24.2 Å². The highest BCUT2D eigenvalue weighted by molar-refractivity contribution is 5.82. The molecule has 1 fully saturated rings. The van der Waals surface area contributed by atoms with E-state index in [0.717, 1.165) is 28.0 Å². The third kappa shape index (κ3) is 3.52. The van der Waals surface area contributed by atoms with Gasteiger partial charge in [-0.05, 0) is 70.8 Å². The van der Waals surface area contributed by atoms with Crippen LogP contribution in [0.1, 0.15) is 48.3 Å². The topological polar surface area (TPSA) is 63.7 Å². The van der Waals surface area contributed by atoms with Crippen molar-refractivity contribution in [3.63, 3.8) is 0 Å². The summed E-state index contributed by atoms with van der Waals surface area (Å²) in [6.07, 6.45) is 8.70. The number of pyridine rings is 1. The number of guanidine groups is 1. The molecule has 32 heavy (non-hydrogen) atoms. The molecular weight excluding hydrogens is 396 g/mol. The molecule has 1 aliphatic carbocycles. The summed E-state index contributed by atoms with van der Waals surface area (Å²) in [4.78, 5) is 11.4. The fraction of sp³-hybridized carbons (Fsp3) is 0.333. The molecule has 5 heteroatoms. The van der Waals surface area contributed by atoms with E-state index in [-0.39, 0.29) is 0 Å².